The molecule has 0 spiro atoms. The largest absolute Gasteiger partial charge is 0.381 e. The predicted molar refractivity (Wildman–Crippen MR) is 106 cm³/mol. The molecule has 2 heterocycles. The van der Waals surface area contributed by atoms with E-state index in [0.717, 1.165) is 11.1 Å². The summed E-state index contributed by atoms with van der Waals surface area (Å²) >= 11 is 0. The number of amides is 1. The number of aryl methyl sites for hydroxylation is 1. The maximum Gasteiger partial charge on any atom is 0.248 e. The Morgan fingerprint density at radius 3 is 2.61 bits per heavy atom. The molecule has 2 aromatic rings. The van der Waals surface area contributed by atoms with Crippen LogP contribution in [0.25, 0.3) is 0 Å². The molecule has 8 nitrogen and oxygen atoms in total. The van der Waals surface area contributed by atoms with E-state index in [-0.39, 0.29) is 11.7 Å². The van der Waals surface area contributed by atoms with Crippen molar-refractivity contribution in [1.29, 1.82) is 0 Å². The Balaban J connectivity index is 1.99. The Morgan fingerprint density at radius 1 is 1.25 bits per heavy atom. The first kappa shape index (κ1) is 19.8. The summed E-state index contributed by atoms with van der Waals surface area (Å²) in [5, 5.41) is 3.35. The van der Waals surface area contributed by atoms with Crippen molar-refractivity contribution < 1.29 is 14.3 Å². The quantitative estimate of drug-likeness (QED) is 0.690. The van der Waals surface area contributed by atoms with Crippen molar-refractivity contribution >= 4 is 23.5 Å². The number of Topliss-reactive ketones (excluding diaryl/α,β-unsaturated/α-hetero) is 1. The van der Waals surface area contributed by atoms with Crippen molar-refractivity contribution in [2.75, 3.05) is 24.3 Å². The zero-order valence-electron chi connectivity index (χ0n) is 16.1. The van der Waals surface area contributed by atoms with Gasteiger partial charge in [-0.1, -0.05) is 12.1 Å². The SMILES string of the molecule is CC(=O)C1(Nc2nc(N)nc(C)c2Cc2cccc(C(N)=O)c2)CCOCC1. The van der Waals surface area contributed by atoms with Gasteiger partial charge in [-0.3, -0.25) is 9.59 Å². The average molecular weight is 383 g/mol. The molecule has 1 aromatic carbocycles. The number of nitrogen functional groups attached to an aromatic ring is 1. The summed E-state index contributed by atoms with van der Waals surface area (Å²) < 4.78 is 5.43. The van der Waals surface area contributed by atoms with Crippen molar-refractivity contribution in [2.24, 2.45) is 5.73 Å². The van der Waals surface area contributed by atoms with E-state index in [9.17, 15) is 9.59 Å². The molecule has 1 aliphatic heterocycles. The Hall–Kier alpha value is -3.00. The molecule has 0 aliphatic carbocycles. The Morgan fingerprint density at radius 2 is 1.96 bits per heavy atom. The summed E-state index contributed by atoms with van der Waals surface area (Å²) in [6.07, 6.45) is 1.59. The van der Waals surface area contributed by atoms with E-state index in [0.29, 0.717) is 49.6 Å². The maximum absolute atomic E-state index is 12.4. The summed E-state index contributed by atoms with van der Waals surface area (Å²) in [4.78, 5) is 32.6. The molecule has 0 radical (unpaired) electrons. The molecule has 8 heteroatoms. The van der Waals surface area contributed by atoms with Gasteiger partial charge in [0.15, 0.2) is 5.78 Å². The van der Waals surface area contributed by atoms with Gasteiger partial charge >= 0.3 is 0 Å². The van der Waals surface area contributed by atoms with Crippen molar-refractivity contribution in [1.82, 2.24) is 9.97 Å². The third-order valence-electron chi connectivity index (χ3n) is 5.20. The number of hydrogen-bond acceptors (Lipinski definition) is 7. The first-order valence-electron chi connectivity index (χ1n) is 9.19. The summed E-state index contributed by atoms with van der Waals surface area (Å²) in [7, 11) is 0. The number of carbonyl (C=O) groups excluding carboxylic acids is 2. The van der Waals surface area contributed by atoms with Crippen LogP contribution in [0.2, 0.25) is 0 Å². The van der Waals surface area contributed by atoms with Crippen LogP contribution in [0, 0.1) is 6.92 Å². The molecule has 0 bridgehead atoms. The molecule has 28 heavy (non-hydrogen) atoms. The summed E-state index contributed by atoms with van der Waals surface area (Å²) in [5.41, 5.74) is 13.4. The number of hydrogen-bond donors (Lipinski definition) is 3. The molecular weight excluding hydrogens is 358 g/mol. The first-order chi connectivity index (χ1) is 13.3. The van der Waals surface area contributed by atoms with Gasteiger partial charge in [0.1, 0.15) is 11.4 Å². The lowest BCUT2D eigenvalue weighted by Crippen LogP contribution is -2.50. The van der Waals surface area contributed by atoms with Crippen LogP contribution in [-0.4, -0.2) is 40.4 Å². The zero-order valence-corrected chi connectivity index (χ0v) is 16.1. The number of ether oxygens (including phenoxy) is 1. The molecule has 0 saturated carbocycles. The van der Waals surface area contributed by atoms with Gasteiger partial charge in [0, 0.05) is 49.3 Å². The lowest BCUT2D eigenvalue weighted by molar-refractivity contribution is -0.124. The van der Waals surface area contributed by atoms with Gasteiger partial charge in [-0.05, 0) is 31.5 Å². The van der Waals surface area contributed by atoms with Crippen LogP contribution < -0.4 is 16.8 Å². The van der Waals surface area contributed by atoms with Crippen LogP contribution in [0.4, 0.5) is 11.8 Å². The van der Waals surface area contributed by atoms with Gasteiger partial charge in [-0.25, -0.2) is 4.98 Å². The highest BCUT2D eigenvalue weighted by Crippen LogP contribution is 2.30. The Bertz CT molecular complexity index is 907. The summed E-state index contributed by atoms with van der Waals surface area (Å²) in [6, 6.07) is 7.11. The van der Waals surface area contributed by atoms with Gasteiger partial charge in [0.05, 0.1) is 0 Å². The van der Waals surface area contributed by atoms with Crippen LogP contribution in [0.3, 0.4) is 0 Å². The van der Waals surface area contributed by atoms with E-state index in [4.69, 9.17) is 16.2 Å². The van der Waals surface area contributed by atoms with Crippen molar-refractivity contribution in [3.05, 3.63) is 46.6 Å². The number of anilines is 2. The normalized spacial score (nSPS) is 15.8. The third kappa shape index (κ3) is 4.12. The number of ketones is 1. The van der Waals surface area contributed by atoms with Gasteiger partial charge in [0.25, 0.3) is 0 Å². The highest BCUT2D eigenvalue weighted by Gasteiger charge is 2.38. The number of rotatable bonds is 6. The summed E-state index contributed by atoms with van der Waals surface area (Å²) in [5.74, 6) is 0.225. The van der Waals surface area contributed by atoms with Crippen molar-refractivity contribution in [3.8, 4) is 0 Å². The molecule has 0 unspecified atom stereocenters. The minimum atomic E-state index is -0.741. The molecule has 5 N–H and O–H groups in total. The number of nitrogens with two attached hydrogens (primary N) is 2. The van der Waals surface area contributed by atoms with E-state index in [1.807, 2.05) is 13.0 Å². The van der Waals surface area contributed by atoms with E-state index < -0.39 is 11.4 Å². The predicted octanol–water partition coefficient (Wildman–Crippen LogP) is 1.61. The highest BCUT2D eigenvalue weighted by molar-refractivity contribution is 5.93. The molecule has 3 rings (SSSR count). The van der Waals surface area contributed by atoms with Crippen LogP contribution in [-0.2, 0) is 16.0 Å². The number of primary amides is 1. The third-order valence-corrected chi connectivity index (χ3v) is 5.20. The molecular formula is C20H25N5O3. The fourth-order valence-electron chi connectivity index (χ4n) is 3.48. The second-order valence-corrected chi connectivity index (χ2v) is 7.11. The molecule has 0 atom stereocenters. The number of aromatic nitrogens is 2. The van der Waals surface area contributed by atoms with Crippen LogP contribution in [0.15, 0.2) is 24.3 Å². The molecule has 1 saturated heterocycles. The van der Waals surface area contributed by atoms with Crippen LogP contribution >= 0.6 is 0 Å². The Kier molecular flexibility index (Phi) is 5.60. The van der Waals surface area contributed by atoms with Gasteiger partial charge in [0.2, 0.25) is 11.9 Å². The maximum atomic E-state index is 12.4. The Labute approximate surface area is 163 Å². The van der Waals surface area contributed by atoms with Gasteiger partial charge in [-0.2, -0.15) is 4.98 Å². The van der Waals surface area contributed by atoms with Crippen LogP contribution in [0.1, 0.15) is 46.9 Å². The minimum Gasteiger partial charge on any atom is -0.381 e. The van der Waals surface area contributed by atoms with Crippen molar-refractivity contribution in [2.45, 2.75) is 38.6 Å². The average Bonchev–Trinajstić information content (AvgIpc) is 2.65. The van der Waals surface area contributed by atoms with Gasteiger partial charge < -0.3 is 21.5 Å². The lowest BCUT2D eigenvalue weighted by Gasteiger charge is -2.36. The second-order valence-electron chi connectivity index (χ2n) is 7.11. The monoisotopic (exact) mass is 383 g/mol. The van der Waals surface area contributed by atoms with E-state index in [1.54, 1.807) is 25.1 Å². The topological polar surface area (TPSA) is 133 Å². The van der Waals surface area contributed by atoms with E-state index in [2.05, 4.69) is 15.3 Å². The molecule has 1 aromatic heterocycles. The first-order valence-corrected chi connectivity index (χ1v) is 9.19. The van der Waals surface area contributed by atoms with Crippen molar-refractivity contribution in [3.63, 3.8) is 0 Å². The number of nitrogens with zero attached hydrogens (tertiary/aromatic N) is 2. The number of benzene rings is 1. The second kappa shape index (κ2) is 7.93. The lowest BCUT2D eigenvalue weighted by atomic mass is 9.86. The fourth-order valence-corrected chi connectivity index (χ4v) is 3.48. The molecule has 1 amide bonds. The minimum absolute atomic E-state index is 0.0345. The number of carbonyl (C=O) groups is 2. The van der Waals surface area contributed by atoms with Crippen LogP contribution in [0.5, 0.6) is 0 Å². The van der Waals surface area contributed by atoms with E-state index >= 15 is 0 Å². The number of nitrogens with one attached hydrogen (secondary N) is 1. The molecule has 1 fully saturated rings. The standard InChI is InChI=1S/C20H25N5O3/c1-12-16(11-14-4-3-5-15(10-14)17(21)27)18(24-19(22)23-12)25-20(13(2)26)6-8-28-9-7-20/h3-5,10H,6-9,11H2,1-2H3,(H2,21,27)(H3,22,23,24,25). The molecule has 1 aliphatic rings. The highest BCUT2D eigenvalue weighted by atomic mass is 16.5. The van der Waals surface area contributed by atoms with Gasteiger partial charge in [-0.15, -0.1) is 0 Å². The fraction of sp³-hybridized carbons (Fsp3) is 0.400. The zero-order chi connectivity index (χ0) is 20.3. The summed E-state index contributed by atoms with van der Waals surface area (Å²) in [6.45, 7) is 4.43. The molecule has 148 valence electrons. The smallest absolute Gasteiger partial charge is 0.248 e. The van der Waals surface area contributed by atoms with E-state index in [1.165, 1.54) is 0 Å².